The van der Waals surface area contributed by atoms with Crippen LogP contribution in [0, 0.1) is 0 Å². The lowest BCUT2D eigenvalue weighted by Crippen LogP contribution is -2.43. The highest BCUT2D eigenvalue weighted by atomic mass is 79.9. The standard InChI is InChI=1S/C10H13N3O3.C9H14N2O2.C5H9BrN2O2/c1-3-16-10(15)7-6-4-5-11-9(14)8(6)13(2)12-7;12-9-8(2-1-3-10-9)11-4-6-13-7-5-11;1-3-10-5(9)4(6)8-7-2/h3-5H2,1-2H3,(H,11,14);2H,1,3-7H2,(H,10,12);7H,3H2,1-2H3/b;;8-4-. The number of nitrogens with zero attached hydrogens (tertiary/aromatic N) is 4. The van der Waals surface area contributed by atoms with Crippen molar-refractivity contribution in [3.05, 3.63) is 28.7 Å². The zero-order valence-electron chi connectivity index (χ0n) is 22.7. The number of carbonyl (C=O) groups is 4. The Morgan fingerprint density at radius 2 is 1.79 bits per heavy atom. The lowest BCUT2D eigenvalue weighted by Gasteiger charge is -2.31. The fourth-order valence-electron chi connectivity index (χ4n) is 3.83. The molecule has 1 fully saturated rings. The lowest BCUT2D eigenvalue weighted by atomic mass is 10.1. The zero-order valence-corrected chi connectivity index (χ0v) is 24.3. The summed E-state index contributed by atoms with van der Waals surface area (Å²) in [5, 5.41) is 13.1. The molecule has 0 atom stereocenters. The summed E-state index contributed by atoms with van der Waals surface area (Å²) in [6.45, 7) is 8.55. The van der Waals surface area contributed by atoms with Crippen molar-refractivity contribution >= 4 is 44.3 Å². The molecule has 0 aromatic carbocycles. The Balaban J connectivity index is 0.000000212. The van der Waals surface area contributed by atoms with Crippen LogP contribution in [0.1, 0.15) is 46.8 Å². The topological polar surface area (TPSA) is 165 Å². The van der Waals surface area contributed by atoms with E-state index in [4.69, 9.17) is 9.47 Å². The molecule has 3 aliphatic rings. The Morgan fingerprint density at radius 1 is 1.13 bits per heavy atom. The molecule has 4 heterocycles. The summed E-state index contributed by atoms with van der Waals surface area (Å²) >= 11 is 2.92. The normalized spacial score (nSPS) is 16.6. The number of rotatable bonds is 6. The minimum atomic E-state index is -0.464. The highest BCUT2D eigenvalue weighted by Gasteiger charge is 2.29. The highest BCUT2D eigenvalue weighted by Crippen LogP contribution is 2.18. The number of hydrogen-bond donors (Lipinski definition) is 3. The Bertz CT molecular complexity index is 1080. The predicted molar refractivity (Wildman–Crippen MR) is 145 cm³/mol. The summed E-state index contributed by atoms with van der Waals surface area (Å²) < 4.78 is 16.3. The molecular formula is C24H36BrN7O7. The number of fused-ring (bicyclic) bond motifs is 1. The summed E-state index contributed by atoms with van der Waals surface area (Å²) in [7, 11) is 3.24. The van der Waals surface area contributed by atoms with Crippen molar-refractivity contribution in [3.63, 3.8) is 0 Å². The molecule has 39 heavy (non-hydrogen) atoms. The number of aromatic nitrogens is 2. The second-order valence-electron chi connectivity index (χ2n) is 8.11. The summed E-state index contributed by atoms with van der Waals surface area (Å²) in [4.78, 5) is 47.4. The smallest absolute Gasteiger partial charge is 0.366 e. The highest BCUT2D eigenvalue weighted by molar-refractivity contribution is 9.19. The molecule has 1 saturated heterocycles. The summed E-state index contributed by atoms with van der Waals surface area (Å²) in [6.07, 6.45) is 3.58. The number of hydrogen-bond acceptors (Lipinski definition) is 11. The molecule has 0 bridgehead atoms. The van der Waals surface area contributed by atoms with Crippen LogP contribution in [0.15, 0.2) is 16.9 Å². The maximum Gasteiger partial charge on any atom is 0.366 e. The third-order valence-electron chi connectivity index (χ3n) is 5.50. The van der Waals surface area contributed by atoms with Gasteiger partial charge in [0.15, 0.2) is 5.69 Å². The molecule has 1 aromatic heterocycles. The van der Waals surface area contributed by atoms with Gasteiger partial charge in [0, 0.05) is 45.8 Å². The van der Waals surface area contributed by atoms with Crippen molar-refractivity contribution in [2.75, 3.05) is 59.7 Å². The first-order chi connectivity index (χ1) is 18.7. The molecule has 216 valence electrons. The van der Waals surface area contributed by atoms with Crippen LogP contribution >= 0.6 is 15.9 Å². The fraction of sp³-hybridized carbons (Fsp3) is 0.583. The predicted octanol–water partition coefficient (Wildman–Crippen LogP) is 0.0824. The Hall–Kier alpha value is -3.46. The number of amides is 2. The van der Waals surface area contributed by atoms with Crippen molar-refractivity contribution in [2.24, 2.45) is 12.1 Å². The maximum atomic E-state index is 11.6. The van der Waals surface area contributed by atoms with Gasteiger partial charge in [-0.25, -0.2) is 9.59 Å². The number of hydrazone groups is 1. The third-order valence-corrected chi connectivity index (χ3v) is 6.00. The first kappa shape index (κ1) is 31.8. The first-order valence-electron chi connectivity index (χ1n) is 12.6. The van der Waals surface area contributed by atoms with E-state index in [1.807, 2.05) is 6.08 Å². The van der Waals surface area contributed by atoms with Crippen molar-refractivity contribution < 1.29 is 33.4 Å². The van der Waals surface area contributed by atoms with Crippen LogP contribution in [0.5, 0.6) is 0 Å². The molecule has 0 radical (unpaired) electrons. The van der Waals surface area contributed by atoms with E-state index in [2.05, 4.69) is 51.8 Å². The average molecular weight is 614 g/mol. The summed E-state index contributed by atoms with van der Waals surface area (Å²) in [5.41, 5.74) is 4.67. The van der Waals surface area contributed by atoms with E-state index in [-0.39, 0.29) is 22.1 Å². The molecular weight excluding hydrogens is 578 g/mol. The van der Waals surface area contributed by atoms with Gasteiger partial charge in [-0.3, -0.25) is 14.3 Å². The third kappa shape index (κ3) is 9.35. The monoisotopic (exact) mass is 613 g/mol. The van der Waals surface area contributed by atoms with Crippen LogP contribution < -0.4 is 16.1 Å². The molecule has 3 N–H and O–H groups in total. The van der Waals surface area contributed by atoms with Crippen LogP contribution in [-0.2, 0) is 37.3 Å². The van der Waals surface area contributed by atoms with Gasteiger partial charge in [-0.1, -0.05) is 6.08 Å². The van der Waals surface area contributed by atoms with Gasteiger partial charge in [0.2, 0.25) is 4.62 Å². The van der Waals surface area contributed by atoms with Crippen LogP contribution in [0.4, 0.5) is 0 Å². The molecule has 14 nitrogen and oxygen atoms in total. The van der Waals surface area contributed by atoms with Gasteiger partial charge < -0.3 is 35.2 Å². The molecule has 2 amide bonds. The van der Waals surface area contributed by atoms with E-state index < -0.39 is 11.9 Å². The number of carbonyl (C=O) groups excluding carboxylic acids is 4. The van der Waals surface area contributed by atoms with E-state index in [1.165, 1.54) is 4.68 Å². The number of halogens is 1. The van der Waals surface area contributed by atoms with Gasteiger partial charge in [-0.05, 0) is 42.6 Å². The summed E-state index contributed by atoms with van der Waals surface area (Å²) in [6, 6.07) is 0. The van der Waals surface area contributed by atoms with Gasteiger partial charge in [-0.2, -0.15) is 10.2 Å². The minimum Gasteiger partial charge on any atom is -0.461 e. The minimum absolute atomic E-state index is 0.0631. The SMILES string of the molecule is CCOC(=O)/C(Br)=N/NC.CCOC(=O)c1nn(C)c2c1CCNC2=O.O=C1NCCC=C1N1CCOCC1. The maximum absolute atomic E-state index is 11.6. The van der Waals surface area contributed by atoms with Gasteiger partial charge in [-0.15, -0.1) is 0 Å². The molecule has 0 unspecified atom stereocenters. The number of nitrogens with one attached hydrogen (secondary N) is 3. The number of esters is 2. The molecule has 0 saturated carbocycles. The zero-order chi connectivity index (χ0) is 28.8. The molecule has 3 aliphatic heterocycles. The van der Waals surface area contributed by atoms with Gasteiger partial charge >= 0.3 is 11.9 Å². The number of ether oxygens (including phenoxy) is 3. The van der Waals surface area contributed by atoms with Crippen LogP contribution in [0.25, 0.3) is 0 Å². The van der Waals surface area contributed by atoms with Crippen LogP contribution in [0.2, 0.25) is 0 Å². The molecule has 4 rings (SSSR count). The molecule has 0 spiro atoms. The van der Waals surface area contributed by atoms with Crippen molar-refractivity contribution in [1.29, 1.82) is 0 Å². The molecule has 15 heteroatoms. The Morgan fingerprint density at radius 3 is 2.41 bits per heavy atom. The molecule has 1 aromatic rings. The Kier molecular flexibility index (Phi) is 13.4. The first-order valence-corrected chi connectivity index (χ1v) is 13.4. The van der Waals surface area contributed by atoms with E-state index in [0.29, 0.717) is 37.4 Å². The van der Waals surface area contributed by atoms with Crippen LogP contribution in [0.3, 0.4) is 0 Å². The summed E-state index contributed by atoms with van der Waals surface area (Å²) in [5.74, 6) is -1.05. The van der Waals surface area contributed by atoms with Crippen molar-refractivity contribution in [3.8, 4) is 0 Å². The van der Waals surface area contributed by atoms with Crippen LogP contribution in [-0.4, -0.2) is 103 Å². The van der Waals surface area contributed by atoms with E-state index in [0.717, 1.165) is 45.0 Å². The second kappa shape index (κ2) is 16.5. The van der Waals surface area contributed by atoms with Crippen molar-refractivity contribution in [2.45, 2.75) is 26.7 Å². The van der Waals surface area contributed by atoms with Gasteiger partial charge in [0.25, 0.3) is 11.8 Å². The fourth-order valence-corrected chi connectivity index (χ4v) is 4.12. The number of morpholine rings is 1. The van der Waals surface area contributed by atoms with E-state index in [1.54, 1.807) is 27.9 Å². The molecule has 0 aliphatic carbocycles. The second-order valence-corrected chi connectivity index (χ2v) is 8.86. The van der Waals surface area contributed by atoms with E-state index >= 15 is 0 Å². The lowest BCUT2D eigenvalue weighted by molar-refractivity contribution is -0.134. The average Bonchev–Trinajstić information content (AvgIpc) is 3.28. The largest absolute Gasteiger partial charge is 0.461 e. The number of aryl methyl sites for hydroxylation is 1. The van der Waals surface area contributed by atoms with Gasteiger partial charge in [0.1, 0.15) is 5.69 Å². The van der Waals surface area contributed by atoms with Crippen molar-refractivity contribution in [1.82, 2.24) is 30.7 Å². The van der Waals surface area contributed by atoms with Gasteiger partial charge in [0.05, 0.1) is 32.1 Å². The quantitative estimate of drug-likeness (QED) is 0.227. The van der Waals surface area contributed by atoms with E-state index in [9.17, 15) is 19.2 Å². The Labute approximate surface area is 235 Å².